The van der Waals surface area contributed by atoms with E-state index in [1.807, 2.05) is 6.07 Å². The van der Waals surface area contributed by atoms with Gasteiger partial charge in [-0.3, -0.25) is 4.79 Å². The minimum absolute atomic E-state index is 0.0952. The number of carbonyl (C=O) groups excluding carboxylic acids is 1. The molecule has 0 saturated heterocycles. The summed E-state index contributed by atoms with van der Waals surface area (Å²) in [5, 5.41) is 0.660. The number of ketones is 1. The van der Waals surface area contributed by atoms with Gasteiger partial charge in [0.2, 0.25) is 0 Å². The van der Waals surface area contributed by atoms with Crippen molar-refractivity contribution < 1.29 is 4.79 Å². The van der Waals surface area contributed by atoms with E-state index in [4.69, 9.17) is 28.9 Å². The number of fused-ring (bicyclic) bond motifs is 1. The molecule has 0 aromatic heterocycles. The second-order valence-electron chi connectivity index (χ2n) is 5.35. The van der Waals surface area contributed by atoms with E-state index in [2.05, 4.69) is 0 Å². The Hall–Kier alpha value is -0.730. The van der Waals surface area contributed by atoms with Crippen molar-refractivity contribution in [3.63, 3.8) is 0 Å². The highest BCUT2D eigenvalue weighted by molar-refractivity contribution is 6.45. The van der Waals surface area contributed by atoms with Crippen molar-refractivity contribution in [1.29, 1.82) is 0 Å². The molecule has 1 fully saturated rings. The predicted molar refractivity (Wildman–Crippen MR) is 74.4 cm³/mol. The average molecular weight is 284 g/mol. The number of hydrogen-bond acceptors (Lipinski definition) is 2. The number of carbonyl (C=O) groups is 1. The number of nitrogens with two attached hydrogens (primary N) is 1. The zero-order valence-electron chi connectivity index (χ0n) is 10.0. The standard InChI is InChI=1S/C14H15Cl2NO/c15-12-10(17)6-8-5-9(7-3-1-2-4-7)14(18)11(8)13(12)16/h6-7,9H,1-5,17H2/t9-/m1/s1. The zero-order valence-corrected chi connectivity index (χ0v) is 11.5. The third-order valence-corrected chi connectivity index (χ3v) is 5.19. The van der Waals surface area contributed by atoms with Crippen LogP contribution in [0.1, 0.15) is 41.6 Å². The fourth-order valence-corrected chi connectivity index (χ4v) is 3.86. The van der Waals surface area contributed by atoms with Crippen LogP contribution in [0.15, 0.2) is 6.07 Å². The van der Waals surface area contributed by atoms with E-state index >= 15 is 0 Å². The average Bonchev–Trinajstić information content (AvgIpc) is 2.94. The van der Waals surface area contributed by atoms with E-state index in [9.17, 15) is 4.79 Å². The van der Waals surface area contributed by atoms with Crippen molar-refractivity contribution in [3.8, 4) is 0 Å². The molecule has 96 valence electrons. The van der Waals surface area contributed by atoms with Crippen molar-refractivity contribution in [3.05, 3.63) is 27.2 Å². The molecule has 2 nitrogen and oxygen atoms in total. The van der Waals surface area contributed by atoms with Gasteiger partial charge in [0.05, 0.1) is 15.7 Å². The summed E-state index contributed by atoms with van der Waals surface area (Å²) in [7, 11) is 0. The van der Waals surface area contributed by atoms with Crippen LogP contribution >= 0.6 is 23.2 Å². The predicted octanol–water partition coefficient (Wildman–Crippen LogP) is 4.12. The van der Waals surface area contributed by atoms with Crippen molar-refractivity contribution >= 4 is 34.7 Å². The van der Waals surface area contributed by atoms with Crippen LogP contribution in [0, 0.1) is 11.8 Å². The lowest BCUT2D eigenvalue weighted by Crippen LogP contribution is -2.18. The Morgan fingerprint density at radius 2 is 1.83 bits per heavy atom. The third-order valence-electron chi connectivity index (χ3n) is 4.31. The largest absolute Gasteiger partial charge is 0.397 e. The number of anilines is 1. The SMILES string of the molecule is Nc1cc2c(c(Cl)c1Cl)C(=O)[C@@H](C1CCCC1)C2. The Bertz CT molecular complexity index is 521. The van der Waals surface area contributed by atoms with E-state index in [0.29, 0.717) is 27.2 Å². The van der Waals surface area contributed by atoms with Crippen LogP contribution in [0.5, 0.6) is 0 Å². The van der Waals surface area contributed by atoms with E-state index in [1.165, 1.54) is 12.8 Å². The molecule has 3 rings (SSSR count). The smallest absolute Gasteiger partial charge is 0.168 e. The topological polar surface area (TPSA) is 43.1 Å². The number of nitrogen functional groups attached to an aromatic ring is 1. The molecular weight excluding hydrogens is 269 g/mol. The first kappa shape index (κ1) is 12.3. The Kier molecular flexibility index (Phi) is 3.03. The van der Waals surface area contributed by atoms with Crippen LogP contribution in [0.2, 0.25) is 10.0 Å². The van der Waals surface area contributed by atoms with Crippen LogP contribution in [-0.4, -0.2) is 5.78 Å². The monoisotopic (exact) mass is 283 g/mol. The maximum atomic E-state index is 12.5. The van der Waals surface area contributed by atoms with Gasteiger partial charge in [-0.25, -0.2) is 0 Å². The minimum Gasteiger partial charge on any atom is -0.397 e. The summed E-state index contributed by atoms with van der Waals surface area (Å²) in [4.78, 5) is 12.5. The molecule has 0 heterocycles. The Morgan fingerprint density at radius 3 is 2.50 bits per heavy atom. The molecule has 1 aromatic carbocycles. The minimum atomic E-state index is 0.0952. The maximum absolute atomic E-state index is 12.5. The molecule has 1 aromatic rings. The molecule has 0 amide bonds. The summed E-state index contributed by atoms with van der Waals surface area (Å²) in [6.45, 7) is 0. The highest BCUT2D eigenvalue weighted by atomic mass is 35.5. The highest BCUT2D eigenvalue weighted by Gasteiger charge is 2.39. The number of halogens is 2. The lowest BCUT2D eigenvalue weighted by molar-refractivity contribution is 0.0894. The molecule has 0 spiro atoms. The van der Waals surface area contributed by atoms with Gasteiger partial charge in [0.15, 0.2) is 5.78 Å². The number of benzene rings is 1. The summed E-state index contributed by atoms with van der Waals surface area (Å²) in [5.41, 5.74) is 7.88. The first-order valence-corrected chi connectivity index (χ1v) is 7.15. The van der Waals surface area contributed by atoms with E-state index < -0.39 is 0 Å². The first-order valence-electron chi connectivity index (χ1n) is 6.40. The molecule has 1 saturated carbocycles. The molecule has 0 unspecified atom stereocenters. The Balaban J connectivity index is 2.01. The molecule has 0 bridgehead atoms. The van der Waals surface area contributed by atoms with Crippen LogP contribution in [0.4, 0.5) is 5.69 Å². The maximum Gasteiger partial charge on any atom is 0.168 e. The molecule has 0 radical (unpaired) electrons. The quantitative estimate of drug-likeness (QED) is 0.788. The van der Waals surface area contributed by atoms with Crippen molar-refractivity contribution in [2.24, 2.45) is 11.8 Å². The summed E-state index contributed by atoms with van der Waals surface area (Å²) in [6, 6.07) is 1.82. The van der Waals surface area contributed by atoms with Gasteiger partial charge < -0.3 is 5.73 Å². The highest BCUT2D eigenvalue weighted by Crippen LogP contribution is 2.44. The molecular formula is C14H15Cl2NO. The molecule has 18 heavy (non-hydrogen) atoms. The normalized spacial score (nSPS) is 23.7. The van der Waals surface area contributed by atoms with Gasteiger partial charge in [-0.05, 0) is 36.8 Å². The van der Waals surface area contributed by atoms with Gasteiger partial charge in [-0.2, -0.15) is 0 Å². The summed E-state index contributed by atoms with van der Waals surface area (Å²) in [5.74, 6) is 0.780. The lowest BCUT2D eigenvalue weighted by Gasteiger charge is -2.15. The third kappa shape index (κ3) is 1.74. The van der Waals surface area contributed by atoms with Gasteiger partial charge in [-0.15, -0.1) is 0 Å². The fourth-order valence-electron chi connectivity index (χ4n) is 3.38. The van der Waals surface area contributed by atoms with Crippen LogP contribution in [0.3, 0.4) is 0 Å². The summed E-state index contributed by atoms with van der Waals surface area (Å²) >= 11 is 12.2. The zero-order chi connectivity index (χ0) is 12.9. The second kappa shape index (κ2) is 4.43. The molecule has 2 aliphatic carbocycles. The molecule has 2 aliphatic rings. The van der Waals surface area contributed by atoms with Crippen LogP contribution in [-0.2, 0) is 6.42 Å². The van der Waals surface area contributed by atoms with Crippen molar-refractivity contribution in [2.75, 3.05) is 5.73 Å². The summed E-state index contributed by atoms with van der Waals surface area (Å²) in [6.07, 6.45) is 5.57. The number of Topliss-reactive ketones (excluding diaryl/α,β-unsaturated/α-hetero) is 1. The van der Waals surface area contributed by atoms with Gasteiger partial charge >= 0.3 is 0 Å². The summed E-state index contributed by atoms with van der Waals surface area (Å²) < 4.78 is 0. The van der Waals surface area contributed by atoms with Gasteiger partial charge in [0, 0.05) is 11.5 Å². The van der Waals surface area contributed by atoms with Crippen molar-refractivity contribution in [2.45, 2.75) is 32.1 Å². The lowest BCUT2D eigenvalue weighted by atomic mass is 9.88. The van der Waals surface area contributed by atoms with E-state index in [-0.39, 0.29) is 11.7 Å². The van der Waals surface area contributed by atoms with Crippen LogP contribution < -0.4 is 5.73 Å². The van der Waals surface area contributed by atoms with E-state index in [1.54, 1.807) is 0 Å². The number of hydrogen-bond donors (Lipinski definition) is 1. The molecule has 4 heteroatoms. The van der Waals surface area contributed by atoms with Gasteiger partial charge in [0.1, 0.15) is 0 Å². The Labute approximate surface area is 116 Å². The Morgan fingerprint density at radius 1 is 1.17 bits per heavy atom. The van der Waals surface area contributed by atoms with E-state index in [0.717, 1.165) is 24.8 Å². The number of rotatable bonds is 1. The molecule has 2 N–H and O–H groups in total. The van der Waals surface area contributed by atoms with Gasteiger partial charge in [0.25, 0.3) is 0 Å². The molecule has 0 aliphatic heterocycles. The van der Waals surface area contributed by atoms with Crippen LogP contribution in [0.25, 0.3) is 0 Å². The fraction of sp³-hybridized carbons (Fsp3) is 0.500. The molecule has 1 atom stereocenters. The second-order valence-corrected chi connectivity index (χ2v) is 6.10. The van der Waals surface area contributed by atoms with Gasteiger partial charge in [-0.1, -0.05) is 36.0 Å². The first-order chi connectivity index (χ1) is 8.59. The van der Waals surface area contributed by atoms with Crippen molar-refractivity contribution in [1.82, 2.24) is 0 Å².